The molecule has 0 atom stereocenters. The van der Waals surface area contributed by atoms with Crippen LogP contribution in [0, 0.1) is 10.1 Å². The number of azo groups is 1. The van der Waals surface area contributed by atoms with E-state index in [1.807, 2.05) is 0 Å². The van der Waals surface area contributed by atoms with Crippen LogP contribution in [0.4, 0.5) is 17.1 Å². The van der Waals surface area contributed by atoms with Gasteiger partial charge in [-0.2, -0.15) is 0 Å². The average molecular weight is 444 g/mol. The van der Waals surface area contributed by atoms with Crippen molar-refractivity contribution in [2.24, 2.45) is 10.2 Å². The third kappa shape index (κ3) is 6.33. The molecule has 0 fully saturated rings. The molecule has 0 unspecified atom stereocenters. The third-order valence-electron chi connectivity index (χ3n) is 3.37. The van der Waals surface area contributed by atoms with E-state index in [0.717, 1.165) is 6.92 Å². The zero-order valence-corrected chi connectivity index (χ0v) is 18.5. The van der Waals surface area contributed by atoms with Gasteiger partial charge >= 0.3 is 29.6 Å². The molecular weight excluding hydrogens is 431 g/mol. The fourth-order valence-corrected chi connectivity index (χ4v) is 2.66. The van der Waals surface area contributed by atoms with Crippen LogP contribution in [0.1, 0.15) is 6.92 Å². The van der Waals surface area contributed by atoms with Crippen molar-refractivity contribution in [3.63, 3.8) is 0 Å². The predicted octanol–water partition coefficient (Wildman–Crippen LogP) is -0.280. The number of nitrogens with zero attached hydrogens (tertiary/aromatic N) is 3. The summed E-state index contributed by atoms with van der Waals surface area (Å²) in [5, 5.41) is 39.8. The summed E-state index contributed by atoms with van der Waals surface area (Å²) in [5.74, 6) is -2.67. The smallest absolute Gasteiger partial charge is 0.744 e. The molecule has 14 heteroatoms. The predicted molar refractivity (Wildman–Crippen MR) is 97.6 cm³/mol. The van der Waals surface area contributed by atoms with E-state index in [4.69, 9.17) is 0 Å². The number of allylic oxidation sites excluding steroid dienone is 1. The topological polar surface area (TPSA) is 195 Å². The minimum absolute atomic E-state index is 0. The number of nitrogens with one attached hydrogen (secondary N) is 1. The quantitative estimate of drug-likeness (QED) is 0.103. The number of benzene rings is 2. The zero-order valence-electron chi connectivity index (χ0n) is 15.6. The monoisotopic (exact) mass is 444 g/mol. The van der Waals surface area contributed by atoms with Gasteiger partial charge in [0, 0.05) is 17.8 Å². The number of phenolic OH excluding ortho intramolecular Hbond substituents is 1. The molecule has 0 aliphatic heterocycles. The molecule has 1 amide bonds. The first kappa shape index (κ1) is 25.2. The zero-order chi connectivity index (χ0) is 21.8. The molecule has 0 heterocycles. The molecule has 0 aromatic heterocycles. The Labute approximate surface area is 192 Å². The molecule has 12 nitrogen and oxygen atoms in total. The first-order chi connectivity index (χ1) is 13.5. The largest absolute Gasteiger partial charge is 1.00 e. The number of anilines is 1. The van der Waals surface area contributed by atoms with E-state index < -0.39 is 54.4 Å². The van der Waals surface area contributed by atoms with E-state index in [-0.39, 0.29) is 29.6 Å². The molecule has 2 aromatic carbocycles. The molecule has 2 aromatic rings. The fraction of sp³-hybridized carbons (Fsp3) is 0.0625. The van der Waals surface area contributed by atoms with Crippen molar-refractivity contribution in [3.05, 3.63) is 64.0 Å². The second kappa shape index (κ2) is 10.3. The van der Waals surface area contributed by atoms with Crippen LogP contribution in [0.2, 0.25) is 0 Å². The Morgan fingerprint density at radius 1 is 1.20 bits per heavy atom. The number of hydrogen-bond acceptors (Lipinski definition) is 10. The summed E-state index contributed by atoms with van der Waals surface area (Å²) in [6.45, 7) is 1.11. The van der Waals surface area contributed by atoms with Gasteiger partial charge in [0.1, 0.15) is 26.5 Å². The maximum atomic E-state index is 12.3. The number of nitro benzene ring substituents is 1. The van der Waals surface area contributed by atoms with E-state index >= 15 is 0 Å². The van der Waals surface area contributed by atoms with Crippen LogP contribution in [-0.2, 0) is 14.9 Å². The summed E-state index contributed by atoms with van der Waals surface area (Å²) in [4.78, 5) is 20.9. The molecule has 30 heavy (non-hydrogen) atoms. The molecule has 152 valence electrons. The van der Waals surface area contributed by atoms with Gasteiger partial charge in [-0.05, 0) is 19.1 Å². The van der Waals surface area contributed by atoms with Crippen molar-refractivity contribution in [3.8, 4) is 5.75 Å². The molecule has 0 aliphatic rings. The fourth-order valence-electron chi connectivity index (χ4n) is 2.05. The number of non-ortho nitro benzene ring substituents is 1. The van der Waals surface area contributed by atoms with E-state index in [1.54, 1.807) is 30.3 Å². The third-order valence-corrected chi connectivity index (χ3v) is 4.22. The number of hydrogen-bond donors (Lipinski definition) is 3. The molecule has 0 saturated carbocycles. The number of rotatable bonds is 6. The summed E-state index contributed by atoms with van der Waals surface area (Å²) < 4.78 is 33.6. The summed E-state index contributed by atoms with van der Waals surface area (Å²) in [5.41, 5.74) is -1.87. The number of para-hydroxylation sites is 1. The summed E-state index contributed by atoms with van der Waals surface area (Å²) in [7, 11) is -5.27. The number of nitro groups is 1. The summed E-state index contributed by atoms with van der Waals surface area (Å²) >= 11 is 0. The second-order valence-corrected chi connectivity index (χ2v) is 6.83. The van der Waals surface area contributed by atoms with Crippen molar-refractivity contribution in [2.45, 2.75) is 11.8 Å². The van der Waals surface area contributed by atoms with Crippen molar-refractivity contribution in [2.75, 3.05) is 5.32 Å². The van der Waals surface area contributed by atoms with E-state index in [0.29, 0.717) is 17.8 Å². The van der Waals surface area contributed by atoms with Gasteiger partial charge in [0.05, 0.1) is 4.92 Å². The van der Waals surface area contributed by atoms with Gasteiger partial charge in [0.25, 0.3) is 11.6 Å². The number of carbonyl (C=O) groups excluding carboxylic acids is 1. The normalized spacial score (nSPS) is 12.1. The Bertz CT molecular complexity index is 1130. The summed E-state index contributed by atoms with van der Waals surface area (Å²) in [6.07, 6.45) is 0. The molecule has 2 rings (SSSR count). The molecule has 0 bridgehead atoms. The molecule has 0 aliphatic carbocycles. The Morgan fingerprint density at radius 3 is 2.30 bits per heavy atom. The van der Waals surface area contributed by atoms with Gasteiger partial charge in [0.2, 0.25) is 0 Å². The van der Waals surface area contributed by atoms with Gasteiger partial charge in [-0.3, -0.25) is 14.9 Å². The SMILES string of the molecule is CC(O)=C(N=Nc1cc([N+](=O)[O-])cc(S(=O)(=O)[O-])c1O)C(=O)Nc1ccccc1.[Na+]. The Hall–Kier alpha value is -2.84. The minimum atomic E-state index is -5.27. The van der Waals surface area contributed by atoms with Crippen molar-refractivity contribution in [1.29, 1.82) is 0 Å². The van der Waals surface area contributed by atoms with Crippen LogP contribution < -0.4 is 34.9 Å². The van der Waals surface area contributed by atoms with Crippen molar-refractivity contribution >= 4 is 33.1 Å². The van der Waals surface area contributed by atoms with Gasteiger partial charge in [0.15, 0.2) is 11.4 Å². The van der Waals surface area contributed by atoms with Crippen molar-refractivity contribution in [1.82, 2.24) is 0 Å². The number of carbonyl (C=O) groups is 1. The Morgan fingerprint density at radius 2 is 1.80 bits per heavy atom. The molecule has 3 N–H and O–H groups in total. The van der Waals surface area contributed by atoms with Crippen LogP contribution in [0.3, 0.4) is 0 Å². The molecule has 0 spiro atoms. The Balaban J connectivity index is 0.00000450. The maximum Gasteiger partial charge on any atom is 1.00 e. The van der Waals surface area contributed by atoms with Crippen LogP contribution in [0.25, 0.3) is 0 Å². The minimum Gasteiger partial charge on any atom is -0.744 e. The van der Waals surface area contributed by atoms with Gasteiger partial charge in [-0.15, -0.1) is 10.2 Å². The Kier molecular flexibility index (Phi) is 8.62. The standard InChI is InChI=1S/C16H14N4O8S.Na/c1-9(21)14(16(23)17-10-5-3-2-4-6-10)19-18-12-7-11(20(24)25)8-13(15(12)22)29(26,27)28;/h2-8,21-22H,1H3,(H,17,23)(H,26,27,28);/q;+1/p-1. The number of amides is 1. The van der Waals surface area contributed by atoms with Gasteiger partial charge < -0.3 is 20.1 Å². The number of aliphatic hydroxyl groups excluding tert-OH is 1. The van der Waals surface area contributed by atoms with E-state index in [9.17, 15) is 38.1 Å². The van der Waals surface area contributed by atoms with Crippen LogP contribution in [0.5, 0.6) is 5.75 Å². The molecular formula is C16H13N4NaO8S. The van der Waals surface area contributed by atoms with E-state index in [2.05, 4.69) is 15.5 Å². The molecule has 0 radical (unpaired) electrons. The molecule has 0 saturated heterocycles. The second-order valence-electron chi connectivity index (χ2n) is 5.48. The van der Waals surface area contributed by atoms with Crippen LogP contribution >= 0.6 is 0 Å². The number of aliphatic hydroxyl groups is 1. The summed E-state index contributed by atoms with van der Waals surface area (Å²) in [6, 6.07) is 9.10. The average Bonchev–Trinajstić information content (AvgIpc) is 2.62. The van der Waals surface area contributed by atoms with Gasteiger partial charge in [-0.1, -0.05) is 18.2 Å². The first-order valence-electron chi connectivity index (χ1n) is 7.66. The van der Waals surface area contributed by atoms with E-state index in [1.165, 1.54) is 0 Å². The van der Waals surface area contributed by atoms with Gasteiger partial charge in [-0.25, -0.2) is 8.42 Å². The maximum absolute atomic E-state index is 12.3. The van der Waals surface area contributed by atoms with Crippen molar-refractivity contribution < 1.29 is 62.5 Å². The number of phenols is 1. The first-order valence-corrected chi connectivity index (χ1v) is 9.07. The van der Waals surface area contributed by atoms with Crippen LogP contribution in [0.15, 0.2) is 69.0 Å². The van der Waals surface area contributed by atoms with Crippen LogP contribution in [-0.4, -0.2) is 34.0 Å². The number of aromatic hydroxyl groups is 1.